The molecule has 1 N–H and O–H groups in total. The zero-order valence-corrected chi connectivity index (χ0v) is 10.6. The van der Waals surface area contributed by atoms with Crippen LogP contribution in [0.2, 0.25) is 0 Å². The van der Waals surface area contributed by atoms with Gasteiger partial charge in [0.1, 0.15) is 0 Å². The average Bonchev–Trinajstić information content (AvgIpc) is 2.25. The van der Waals surface area contributed by atoms with Crippen molar-refractivity contribution < 1.29 is 4.79 Å². The second-order valence-corrected chi connectivity index (χ2v) is 4.36. The number of benzene rings is 1. The van der Waals surface area contributed by atoms with E-state index in [1.54, 1.807) is 6.07 Å². The standard InChI is InChI=1S/C12H12INO/c1-3-11(4-2)14-12(15)9-6-5-7-10(13)8-9/h1,5-8,11H,4H2,2H3,(H,14,15). The van der Waals surface area contributed by atoms with E-state index in [1.807, 2.05) is 25.1 Å². The third-order valence-corrected chi connectivity index (χ3v) is 2.67. The molecule has 78 valence electrons. The van der Waals surface area contributed by atoms with Gasteiger partial charge < -0.3 is 5.32 Å². The Labute approximate surface area is 104 Å². The van der Waals surface area contributed by atoms with E-state index in [1.165, 1.54) is 0 Å². The number of nitrogens with one attached hydrogen (secondary N) is 1. The van der Waals surface area contributed by atoms with Crippen molar-refractivity contribution in [3.63, 3.8) is 0 Å². The Morgan fingerprint density at radius 3 is 2.93 bits per heavy atom. The smallest absolute Gasteiger partial charge is 0.252 e. The van der Waals surface area contributed by atoms with Crippen LogP contribution in [0.25, 0.3) is 0 Å². The molecule has 0 fully saturated rings. The number of amides is 1. The molecule has 0 saturated heterocycles. The molecule has 1 atom stereocenters. The fourth-order valence-electron chi connectivity index (χ4n) is 1.13. The molecule has 1 amide bonds. The van der Waals surface area contributed by atoms with Crippen LogP contribution in [0.3, 0.4) is 0 Å². The minimum absolute atomic E-state index is 0.113. The van der Waals surface area contributed by atoms with E-state index in [4.69, 9.17) is 6.42 Å². The van der Waals surface area contributed by atoms with E-state index < -0.39 is 0 Å². The maximum atomic E-state index is 11.7. The Hall–Kier alpha value is -1.02. The van der Waals surface area contributed by atoms with E-state index in [9.17, 15) is 4.79 Å². The molecule has 0 aliphatic carbocycles. The number of carbonyl (C=O) groups excluding carboxylic acids is 1. The lowest BCUT2D eigenvalue weighted by molar-refractivity contribution is 0.0945. The predicted molar refractivity (Wildman–Crippen MR) is 69.5 cm³/mol. The number of terminal acetylenes is 1. The highest BCUT2D eigenvalue weighted by Crippen LogP contribution is 2.07. The summed E-state index contributed by atoms with van der Waals surface area (Å²) >= 11 is 2.17. The predicted octanol–water partition coefficient (Wildman–Crippen LogP) is 2.43. The van der Waals surface area contributed by atoms with Gasteiger partial charge in [-0.25, -0.2) is 0 Å². The van der Waals surface area contributed by atoms with Crippen LogP contribution < -0.4 is 5.32 Å². The highest BCUT2D eigenvalue weighted by molar-refractivity contribution is 14.1. The Morgan fingerprint density at radius 1 is 1.67 bits per heavy atom. The maximum Gasteiger partial charge on any atom is 0.252 e. The van der Waals surface area contributed by atoms with Gasteiger partial charge in [0, 0.05) is 9.13 Å². The average molecular weight is 313 g/mol. The van der Waals surface area contributed by atoms with Gasteiger partial charge in [0.15, 0.2) is 0 Å². The van der Waals surface area contributed by atoms with Crippen molar-refractivity contribution in [2.75, 3.05) is 0 Å². The minimum atomic E-state index is -0.185. The van der Waals surface area contributed by atoms with Crippen LogP contribution in [0.1, 0.15) is 23.7 Å². The van der Waals surface area contributed by atoms with Crippen LogP contribution >= 0.6 is 22.6 Å². The third kappa shape index (κ3) is 3.56. The molecule has 1 rings (SSSR count). The molecule has 1 aromatic rings. The van der Waals surface area contributed by atoms with E-state index in [-0.39, 0.29) is 11.9 Å². The maximum absolute atomic E-state index is 11.7. The topological polar surface area (TPSA) is 29.1 Å². The first-order valence-corrected chi connectivity index (χ1v) is 5.77. The molecular formula is C12H12INO. The van der Waals surface area contributed by atoms with Crippen LogP contribution in [0.15, 0.2) is 24.3 Å². The van der Waals surface area contributed by atoms with Crippen molar-refractivity contribution >= 4 is 28.5 Å². The molecule has 3 heteroatoms. The lowest BCUT2D eigenvalue weighted by Gasteiger charge is -2.10. The summed E-state index contributed by atoms with van der Waals surface area (Å²) < 4.78 is 1.04. The molecule has 0 spiro atoms. The molecule has 0 saturated carbocycles. The number of carbonyl (C=O) groups is 1. The minimum Gasteiger partial charge on any atom is -0.338 e. The van der Waals surface area contributed by atoms with E-state index in [0.717, 1.165) is 9.99 Å². The summed E-state index contributed by atoms with van der Waals surface area (Å²) in [5.41, 5.74) is 0.649. The van der Waals surface area contributed by atoms with Gasteiger partial charge in [-0.2, -0.15) is 0 Å². The summed E-state index contributed by atoms with van der Waals surface area (Å²) in [6.45, 7) is 1.94. The van der Waals surface area contributed by atoms with Gasteiger partial charge in [-0.1, -0.05) is 18.9 Å². The Bertz CT molecular complexity index is 395. The van der Waals surface area contributed by atoms with Gasteiger partial charge >= 0.3 is 0 Å². The van der Waals surface area contributed by atoms with E-state index in [0.29, 0.717) is 5.56 Å². The van der Waals surface area contributed by atoms with Crippen LogP contribution in [-0.4, -0.2) is 11.9 Å². The van der Waals surface area contributed by atoms with Crippen LogP contribution in [0.4, 0.5) is 0 Å². The van der Waals surface area contributed by atoms with Gasteiger partial charge in [0.2, 0.25) is 0 Å². The molecule has 15 heavy (non-hydrogen) atoms. The van der Waals surface area contributed by atoms with Gasteiger partial charge in [-0.3, -0.25) is 4.79 Å². The number of hydrogen-bond donors (Lipinski definition) is 1. The molecule has 0 heterocycles. The normalized spacial score (nSPS) is 11.5. The van der Waals surface area contributed by atoms with Crippen molar-refractivity contribution in [3.05, 3.63) is 33.4 Å². The zero-order chi connectivity index (χ0) is 11.3. The molecule has 2 nitrogen and oxygen atoms in total. The molecule has 1 aromatic carbocycles. The molecule has 0 radical (unpaired) electrons. The van der Waals surface area contributed by atoms with Crippen LogP contribution in [-0.2, 0) is 0 Å². The fraction of sp³-hybridized carbons (Fsp3) is 0.250. The first-order chi connectivity index (χ1) is 7.17. The summed E-state index contributed by atoms with van der Waals surface area (Å²) in [6.07, 6.45) is 6.02. The number of halogens is 1. The van der Waals surface area contributed by atoms with Crippen molar-refractivity contribution in [1.29, 1.82) is 0 Å². The van der Waals surface area contributed by atoms with Gasteiger partial charge in [0.05, 0.1) is 6.04 Å². The van der Waals surface area contributed by atoms with E-state index in [2.05, 4.69) is 33.8 Å². The SMILES string of the molecule is C#CC(CC)NC(=O)c1cccc(I)c1. The monoisotopic (exact) mass is 313 g/mol. The van der Waals surface area contributed by atoms with Gasteiger partial charge in [0.25, 0.3) is 5.91 Å². The quantitative estimate of drug-likeness (QED) is 0.674. The van der Waals surface area contributed by atoms with E-state index >= 15 is 0 Å². The fourth-order valence-corrected chi connectivity index (χ4v) is 1.68. The molecule has 0 aliphatic heterocycles. The molecule has 0 aromatic heterocycles. The Kier molecular flexibility index (Phi) is 4.63. The first-order valence-electron chi connectivity index (χ1n) is 4.70. The van der Waals surface area contributed by atoms with Gasteiger partial charge in [-0.15, -0.1) is 6.42 Å². The number of hydrogen-bond acceptors (Lipinski definition) is 1. The summed E-state index contributed by atoms with van der Waals surface area (Å²) in [5, 5.41) is 2.78. The van der Waals surface area contributed by atoms with Crippen LogP contribution in [0.5, 0.6) is 0 Å². The summed E-state index contributed by atoms with van der Waals surface area (Å²) in [6, 6.07) is 7.22. The van der Waals surface area contributed by atoms with Crippen molar-refractivity contribution in [2.45, 2.75) is 19.4 Å². The van der Waals surface area contributed by atoms with Crippen molar-refractivity contribution in [2.24, 2.45) is 0 Å². The summed E-state index contributed by atoms with van der Waals surface area (Å²) in [5.74, 6) is 2.42. The van der Waals surface area contributed by atoms with Crippen molar-refractivity contribution in [1.82, 2.24) is 5.32 Å². The summed E-state index contributed by atoms with van der Waals surface area (Å²) in [7, 11) is 0. The molecular weight excluding hydrogens is 301 g/mol. The molecule has 0 aliphatic rings. The van der Waals surface area contributed by atoms with Crippen LogP contribution in [0, 0.1) is 15.9 Å². The molecule has 0 bridgehead atoms. The highest BCUT2D eigenvalue weighted by Gasteiger charge is 2.09. The highest BCUT2D eigenvalue weighted by atomic mass is 127. The van der Waals surface area contributed by atoms with Crippen molar-refractivity contribution in [3.8, 4) is 12.3 Å². The number of rotatable bonds is 3. The lowest BCUT2D eigenvalue weighted by Crippen LogP contribution is -2.33. The molecule has 1 unspecified atom stereocenters. The summed E-state index contributed by atoms with van der Waals surface area (Å²) in [4.78, 5) is 11.7. The second kappa shape index (κ2) is 5.76. The Morgan fingerprint density at radius 2 is 2.40 bits per heavy atom. The first kappa shape index (κ1) is 12.1. The van der Waals surface area contributed by atoms with Gasteiger partial charge in [-0.05, 0) is 47.2 Å². The third-order valence-electron chi connectivity index (χ3n) is 2.00. The lowest BCUT2D eigenvalue weighted by atomic mass is 10.2. The largest absolute Gasteiger partial charge is 0.338 e. The second-order valence-electron chi connectivity index (χ2n) is 3.11. The zero-order valence-electron chi connectivity index (χ0n) is 8.46. The Balaban J connectivity index is 2.74.